The van der Waals surface area contributed by atoms with Gasteiger partial charge in [-0.05, 0) is 18.9 Å². The first-order chi connectivity index (χ1) is 9.24. The Morgan fingerprint density at radius 2 is 2.05 bits per heavy atom. The molecule has 1 aliphatic carbocycles. The molecule has 100 valence electrons. The zero-order chi connectivity index (χ0) is 13.2. The van der Waals surface area contributed by atoms with Crippen molar-refractivity contribution < 1.29 is 4.52 Å². The van der Waals surface area contributed by atoms with Gasteiger partial charge >= 0.3 is 0 Å². The van der Waals surface area contributed by atoms with Gasteiger partial charge in [-0.2, -0.15) is 4.98 Å². The molecule has 1 fully saturated rings. The van der Waals surface area contributed by atoms with Crippen LogP contribution in [0.1, 0.15) is 43.9 Å². The first-order valence-corrected chi connectivity index (χ1v) is 6.75. The molecule has 0 atom stereocenters. The van der Waals surface area contributed by atoms with Crippen LogP contribution in [-0.4, -0.2) is 14.7 Å². The van der Waals surface area contributed by atoms with Crippen LogP contribution in [0.5, 0.6) is 0 Å². The van der Waals surface area contributed by atoms with Crippen LogP contribution < -0.4 is 5.56 Å². The number of rotatable bonds is 2. The molecule has 0 radical (unpaired) electrons. The van der Waals surface area contributed by atoms with E-state index < -0.39 is 0 Å². The summed E-state index contributed by atoms with van der Waals surface area (Å²) < 4.78 is 6.90. The molecular formula is C14H17N3O2. The second-order valence-corrected chi connectivity index (χ2v) is 5.16. The monoisotopic (exact) mass is 259 g/mol. The van der Waals surface area contributed by atoms with Crippen molar-refractivity contribution in [2.45, 2.75) is 38.0 Å². The fourth-order valence-corrected chi connectivity index (χ4v) is 2.59. The zero-order valence-corrected chi connectivity index (χ0v) is 11.0. The summed E-state index contributed by atoms with van der Waals surface area (Å²) in [6, 6.07) is 3.25. The van der Waals surface area contributed by atoms with Crippen molar-refractivity contribution in [1.29, 1.82) is 0 Å². The summed E-state index contributed by atoms with van der Waals surface area (Å²) in [4.78, 5) is 15.8. The predicted molar refractivity (Wildman–Crippen MR) is 70.8 cm³/mol. The van der Waals surface area contributed by atoms with E-state index in [1.54, 1.807) is 19.3 Å². The summed E-state index contributed by atoms with van der Waals surface area (Å²) in [6.07, 6.45) is 7.78. The van der Waals surface area contributed by atoms with Crippen LogP contribution in [0.15, 0.2) is 27.6 Å². The topological polar surface area (TPSA) is 60.9 Å². The van der Waals surface area contributed by atoms with Gasteiger partial charge in [0.25, 0.3) is 0 Å². The van der Waals surface area contributed by atoms with Gasteiger partial charge in [0.15, 0.2) is 0 Å². The third-order valence-electron chi connectivity index (χ3n) is 3.74. The standard InChI is InChI=1S/C14H17N3O2/c1-17-9-11(7-8-12(17)18)13-15-14(19-16-13)10-5-3-2-4-6-10/h7-10H,2-6H2,1H3. The molecule has 0 amide bonds. The lowest BCUT2D eigenvalue weighted by Gasteiger charge is -2.17. The quantitative estimate of drug-likeness (QED) is 0.831. The van der Waals surface area contributed by atoms with E-state index in [0.717, 1.165) is 24.3 Å². The molecule has 0 spiro atoms. The van der Waals surface area contributed by atoms with Crippen LogP contribution in [0.4, 0.5) is 0 Å². The summed E-state index contributed by atoms with van der Waals surface area (Å²) in [5.74, 6) is 1.71. The molecule has 19 heavy (non-hydrogen) atoms. The number of nitrogens with zero attached hydrogens (tertiary/aromatic N) is 3. The highest BCUT2D eigenvalue weighted by molar-refractivity contribution is 5.52. The molecule has 0 aromatic carbocycles. The van der Waals surface area contributed by atoms with Gasteiger partial charge in [-0.1, -0.05) is 24.4 Å². The molecule has 2 heterocycles. The predicted octanol–water partition coefficient (Wildman–Crippen LogP) is 2.48. The van der Waals surface area contributed by atoms with Crippen molar-refractivity contribution >= 4 is 0 Å². The fraction of sp³-hybridized carbons (Fsp3) is 0.500. The van der Waals surface area contributed by atoms with Crippen LogP contribution in [0.25, 0.3) is 11.4 Å². The number of aromatic nitrogens is 3. The van der Waals surface area contributed by atoms with Gasteiger partial charge in [0, 0.05) is 30.8 Å². The molecule has 0 aliphatic heterocycles. The van der Waals surface area contributed by atoms with Gasteiger partial charge in [0.1, 0.15) is 0 Å². The highest BCUT2D eigenvalue weighted by atomic mass is 16.5. The molecule has 0 N–H and O–H groups in total. The summed E-state index contributed by atoms with van der Waals surface area (Å²) in [7, 11) is 1.72. The Morgan fingerprint density at radius 1 is 1.26 bits per heavy atom. The third-order valence-corrected chi connectivity index (χ3v) is 3.74. The normalized spacial score (nSPS) is 16.7. The number of hydrogen-bond donors (Lipinski definition) is 0. The van der Waals surface area contributed by atoms with Gasteiger partial charge in [0.2, 0.25) is 17.3 Å². The highest BCUT2D eigenvalue weighted by Gasteiger charge is 2.21. The lowest BCUT2D eigenvalue weighted by Crippen LogP contribution is -2.14. The maximum atomic E-state index is 11.4. The average Bonchev–Trinajstić information content (AvgIpc) is 2.93. The molecule has 1 aliphatic rings. The molecule has 3 rings (SSSR count). The van der Waals surface area contributed by atoms with Gasteiger partial charge in [-0.25, -0.2) is 0 Å². The summed E-state index contributed by atoms with van der Waals surface area (Å²) in [6.45, 7) is 0. The van der Waals surface area contributed by atoms with E-state index in [4.69, 9.17) is 4.52 Å². The van der Waals surface area contributed by atoms with E-state index in [-0.39, 0.29) is 5.56 Å². The summed E-state index contributed by atoms with van der Waals surface area (Å²) in [5, 5.41) is 4.03. The van der Waals surface area contributed by atoms with Crippen LogP contribution in [-0.2, 0) is 7.05 Å². The van der Waals surface area contributed by atoms with E-state index >= 15 is 0 Å². The van der Waals surface area contributed by atoms with E-state index in [1.165, 1.54) is 29.9 Å². The number of hydrogen-bond acceptors (Lipinski definition) is 4. The molecule has 0 saturated heterocycles. The van der Waals surface area contributed by atoms with Crippen molar-refractivity contribution in [3.8, 4) is 11.4 Å². The number of aryl methyl sites for hydroxylation is 1. The van der Waals surface area contributed by atoms with Gasteiger partial charge in [-0.15, -0.1) is 0 Å². The third kappa shape index (κ3) is 2.45. The van der Waals surface area contributed by atoms with Gasteiger partial charge in [0.05, 0.1) is 0 Å². The van der Waals surface area contributed by atoms with Crippen molar-refractivity contribution in [2.75, 3.05) is 0 Å². The highest BCUT2D eigenvalue weighted by Crippen LogP contribution is 2.32. The molecule has 5 heteroatoms. The van der Waals surface area contributed by atoms with Crippen molar-refractivity contribution in [1.82, 2.24) is 14.7 Å². The second kappa shape index (κ2) is 4.99. The molecule has 1 saturated carbocycles. The summed E-state index contributed by atoms with van der Waals surface area (Å²) in [5.41, 5.74) is 0.771. The lowest BCUT2D eigenvalue weighted by molar-refractivity contribution is 0.314. The van der Waals surface area contributed by atoms with Gasteiger partial charge < -0.3 is 9.09 Å². The Bertz CT molecular complexity index is 624. The molecule has 0 bridgehead atoms. The smallest absolute Gasteiger partial charge is 0.250 e. The lowest BCUT2D eigenvalue weighted by atomic mass is 9.89. The Balaban J connectivity index is 1.87. The molecule has 2 aromatic rings. The first kappa shape index (κ1) is 12.1. The molecular weight excluding hydrogens is 242 g/mol. The molecule has 5 nitrogen and oxygen atoms in total. The second-order valence-electron chi connectivity index (χ2n) is 5.16. The first-order valence-electron chi connectivity index (χ1n) is 6.75. The van der Waals surface area contributed by atoms with E-state index in [2.05, 4.69) is 10.1 Å². The Hall–Kier alpha value is -1.91. The van der Waals surface area contributed by atoms with E-state index in [9.17, 15) is 4.79 Å². The minimum atomic E-state index is -0.0419. The van der Waals surface area contributed by atoms with E-state index in [0.29, 0.717) is 11.7 Å². The van der Waals surface area contributed by atoms with Crippen LogP contribution in [0, 0.1) is 0 Å². The minimum Gasteiger partial charge on any atom is -0.339 e. The Kier molecular flexibility index (Phi) is 3.19. The SMILES string of the molecule is Cn1cc(-c2noc(C3CCCCC3)n2)ccc1=O. The fourth-order valence-electron chi connectivity index (χ4n) is 2.59. The zero-order valence-electron chi connectivity index (χ0n) is 11.0. The van der Waals surface area contributed by atoms with Crippen molar-refractivity contribution in [2.24, 2.45) is 7.05 Å². The van der Waals surface area contributed by atoms with Crippen LogP contribution >= 0.6 is 0 Å². The van der Waals surface area contributed by atoms with Crippen LogP contribution in [0.3, 0.4) is 0 Å². The van der Waals surface area contributed by atoms with Crippen molar-refractivity contribution in [3.63, 3.8) is 0 Å². The summed E-state index contributed by atoms with van der Waals surface area (Å²) >= 11 is 0. The Morgan fingerprint density at radius 3 is 2.79 bits per heavy atom. The minimum absolute atomic E-state index is 0.0419. The average molecular weight is 259 g/mol. The van der Waals surface area contributed by atoms with Gasteiger partial charge in [-0.3, -0.25) is 4.79 Å². The van der Waals surface area contributed by atoms with E-state index in [1.807, 2.05) is 0 Å². The van der Waals surface area contributed by atoms with Crippen LogP contribution in [0.2, 0.25) is 0 Å². The Labute approximate surface area is 111 Å². The molecule has 2 aromatic heterocycles. The largest absolute Gasteiger partial charge is 0.339 e. The maximum absolute atomic E-state index is 11.4. The van der Waals surface area contributed by atoms with Crippen molar-refractivity contribution in [3.05, 3.63) is 34.6 Å². The maximum Gasteiger partial charge on any atom is 0.250 e. The molecule has 0 unspecified atom stereocenters. The number of pyridine rings is 1.